The zero-order valence-electron chi connectivity index (χ0n) is 8.87. The Bertz CT molecular complexity index is 200. The van der Waals surface area contributed by atoms with Crippen molar-refractivity contribution in [3.05, 3.63) is 0 Å². The number of piperidine rings is 1. The van der Waals surface area contributed by atoms with Crippen LogP contribution in [0.5, 0.6) is 0 Å². The molecule has 4 heteroatoms. The van der Waals surface area contributed by atoms with Crippen LogP contribution >= 0.6 is 11.6 Å². The van der Waals surface area contributed by atoms with Gasteiger partial charge in [0.25, 0.3) is 0 Å². The van der Waals surface area contributed by atoms with Crippen molar-refractivity contribution < 1.29 is 4.79 Å². The number of nitrogens with zero attached hydrogens (tertiary/aromatic N) is 1. The minimum atomic E-state index is -0.359. The Hall–Kier alpha value is -0.280. The summed E-state index contributed by atoms with van der Waals surface area (Å²) < 4.78 is 0. The number of amides is 1. The molecule has 3 nitrogen and oxygen atoms in total. The first-order valence-corrected chi connectivity index (χ1v) is 5.64. The molecular formula is C10H19ClN2O. The maximum absolute atomic E-state index is 11.8. The highest BCUT2D eigenvalue weighted by Gasteiger charge is 2.26. The van der Waals surface area contributed by atoms with Crippen molar-refractivity contribution in [1.82, 2.24) is 4.90 Å². The Kier molecular flexibility index (Phi) is 4.20. The Morgan fingerprint density at radius 1 is 1.43 bits per heavy atom. The van der Waals surface area contributed by atoms with Crippen molar-refractivity contribution in [3.63, 3.8) is 0 Å². The lowest BCUT2D eigenvalue weighted by Crippen LogP contribution is -2.49. The zero-order valence-corrected chi connectivity index (χ0v) is 9.63. The quantitative estimate of drug-likeness (QED) is 0.708. The number of likely N-dealkylation sites (tertiary alicyclic amines) is 1. The van der Waals surface area contributed by atoms with E-state index in [4.69, 9.17) is 17.3 Å². The molecule has 0 aromatic heterocycles. The average Bonchev–Trinajstić information content (AvgIpc) is 2.16. The summed E-state index contributed by atoms with van der Waals surface area (Å²) >= 11 is 5.96. The molecule has 1 fully saturated rings. The summed E-state index contributed by atoms with van der Waals surface area (Å²) in [4.78, 5) is 13.6. The van der Waals surface area contributed by atoms with Gasteiger partial charge in [-0.15, -0.1) is 11.6 Å². The molecule has 0 radical (unpaired) electrons. The van der Waals surface area contributed by atoms with Crippen LogP contribution in [0.4, 0.5) is 0 Å². The Morgan fingerprint density at radius 2 is 1.93 bits per heavy atom. The molecule has 0 aliphatic carbocycles. The van der Waals surface area contributed by atoms with Crippen molar-refractivity contribution in [1.29, 1.82) is 0 Å². The lowest BCUT2D eigenvalue weighted by molar-refractivity contribution is -0.134. The number of hydrogen-bond donors (Lipinski definition) is 1. The van der Waals surface area contributed by atoms with Gasteiger partial charge in [-0.3, -0.25) is 4.79 Å². The molecule has 0 saturated carbocycles. The largest absolute Gasteiger partial charge is 0.341 e. The summed E-state index contributed by atoms with van der Waals surface area (Å²) in [7, 11) is 0. The number of carbonyl (C=O) groups is 1. The molecular weight excluding hydrogens is 200 g/mol. The highest BCUT2D eigenvalue weighted by molar-refractivity contribution is 6.20. The van der Waals surface area contributed by atoms with Gasteiger partial charge in [-0.25, -0.2) is 0 Å². The Labute approximate surface area is 90.6 Å². The van der Waals surface area contributed by atoms with Gasteiger partial charge < -0.3 is 10.6 Å². The van der Waals surface area contributed by atoms with Crippen molar-refractivity contribution >= 4 is 17.5 Å². The van der Waals surface area contributed by atoms with Gasteiger partial charge in [-0.1, -0.05) is 13.8 Å². The smallest absolute Gasteiger partial charge is 0.239 e. The third kappa shape index (κ3) is 2.85. The molecule has 82 valence electrons. The molecule has 0 bridgehead atoms. The first-order valence-electron chi connectivity index (χ1n) is 5.20. The fourth-order valence-electron chi connectivity index (χ4n) is 1.56. The molecule has 0 unspecified atom stereocenters. The van der Waals surface area contributed by atoms with E-state index in [2.05, 4.69) is 0 Å². The first kappa shape index (κ1) is 11.8. The van der Waals surface area contributed by atoms with Gasteiger partial charge in [-0.05, 0) is 18.8 Å². The first-order chi connectivity index (χ1) is 6.52. The molecule has 0 aromatic rings. The maximum atomic E-state index is 11.8. The predicted molar refractivity (Wildman–Crippen MR) is 58.3 cm³/mol. The van der Waals surface area contributed by atoms with Crippen LogP contribution < -0.4 is 5.73 Å². The molecule has 1 aliphatic heterocycles. The standard InChI is InChI=1S/C10H19ClN2O/c1-7(2)9(12)10(14)13-5-3-8(11)4-6-13/h7-9H,3-6,12H2,1-2H3/t9-/m0/s1. The van der Waals surface area contributed by atoms with E-state index in [0.717, 1.165) is 25.9 Å². The molecule has 0 spiro atoms. The highest BCUT2D eigenvalue weighted by Crippen LogP contribution is 2.16. The summed E-state index contributed by atoms with van der Waals surface area (Å²) in [5.74, 6) is 0.278. The van der Waals surface area contributed by atoms with Crippen LogP contribution in [0.25, 0.3) is 0 Å². The molecule has 1 rings (SSSR count). The van der Waals surface area contributed by atoms with Crippen molar-refractivity contribution in [3.8, 4) is 0 Å². The second-order valence-electron chi connectivity index (χ2n) is 4.27. The zero-order chi connectivity index (χ0) is 10.7. The van der Waals surface area contributed by atoms with Gasteiger partial charge >= 0.3 is 0 Å². The number of alkyl halides is 1. The SMILES string of the molecule is CC(C)[C@H](N)C(=O)N1CCC(Cl)CC1. The number of carbonyl (C=O) groups excluding carboxylic acids is 1. The number of nitrogens with two attached hydrogens (primary N) is 1. The van der Waals surface area contributed by atoms with Crippen molar-refractivity contribution in [2.24, 2.45) is 11.7 Å². The van der Waals surface area contributed by atoms with Gasteiger partial charge in [-0.2, -0.15) is 0 Å². The van der Waals surface area contributed by atoms with Gasteiger partial charge in [0.2, 0.25) is 5.91 Å². The second kappa shape index (κ2) is 4.99. The normalized spacial score (nSPS) is 21.4. The fraction of sp³-hybridized carbons (Fsp3) is 0.900. The third-order valence-electron chi connectivity index (χ3n) is 2.74. The monoisotopic (exact) mass is 218 g/mol. The molecule has 1 aliphatic rings. The van der Waals surface area contributed by atoms with Crippen molar-refractivity contribution in [2.45, 2.75) is 38.1 Å². The summed E-state index contributed by atoms with van der Waals surface area (Å²) in [5, 5.41) is 0.231. The van der Waals surface area contributed by atoms with Gasteiger partial charge in [0.15, 0.2) is 0 Å². The lowest BCUT2D eigenvalue weighted by atomic mass is 10.0. The van der Waals surface area contributed by atoms with Crippen LogP contribution in [0, 0.1) is 5.92 Å². The van der Waals surface area contributed by atoms with Crippen LogP contribution in [-0.4, -0.2) is 35.3 Å². The minimum absolute atomic E-state index is 0.0727. The Balaban J connectivity index is 2.45. The lowest BCUT2D eigenvalue weighted by Gasteiger charge is -2.32. The number of halogens is 1. The maximum Gasteiger partial charge on any atom is 0.239 e. The summed E-state index contributed by atoms with van der Waals surface area (Å²) in [5.41, 5.74) is 5.80. The van der Waals surface area contributed by atoms with E-state index in [-0.39, 0.29) is 23.2 Å². The minimum Gasteiger partial charge on any atom is -0.341 e. The van der Waals surface area contributed by atoms with Gasteiger partial charge in [0.1, 0.15) is 0 Å². The van der Waals surface area contributed by atoms with E-state index in [1.54, 1.807) is 0 Å². The molecule has 1 amide bonds. The number of hydrogen-bond acceptors (Lipinski definition) is 2. The van der Waals surface area contributed by atoms with Crippen LogP contribution in [-0.2, 0) is 4.79 Å². The van der Waals surface area contributed by atoms with E-state index in [1.165, 1.54) is 0 Å². The summed E-state index contributed by atoms with van der Waals surface area (Å²) in [6.07, 6.45) is 1.77. The fourth-order valence-corrected chi connectivity index (χ4v) is 1.76. The van der Waals surface area contributed by atoms with E-state index >= 15 is 0 Å². The van der Waals surface area contributed by atoms with Gasteiger partial charge in [0, 0.05) is 18.5 Å². The third-order valence-corrected chi connectivity index (χ3v) is 3.18. The topological polar surface area (TPSA) is 46.3 Å². The van der Waals surface area contributed by atoms with E-state index in [9.17, 15) is 4.79 Å². The van der Waals surface area contributed by atoms with Crippen LogP contribution in [0.2, 0.25) is 0 Å². The van der Waals surface area contributed by atoms with E-state index in [0.29, 0.717) is 0 Å². The van der Waals surface area contributed by atoms with Gasteiger partial charge in [0.05, 0.1) is 6.04 Å². The van der Waals surface area contributed by atoms with E-state index < -0.39 is 0 Å². The van der Waals surface area contributed by atoms with Crippen LogP contribution in [0.15, 0.2) is 0 Å². The van der Waals surface area contributed by atoms with E-state index in [1.807, 2.05) is 18.7 Å². The molecule has 2 N–H and O–H groups in total. The van der Waals surface area contributed by atoms with Crippen molar-refractivity contribution in [2.75, 3.05) is 13.1 Å². The summed E-state index contributed by atoms with van der Waals surface area (Å²) in [6, 6.07) is -0.359. The predicted octanol–water partition coefficient (Wildman–Crippen LogP) is 1.20. The highest BCUT2D eigenvalue weighted by atomic mass is 35.5. The van der Waals surface area contributed by atoms with Crippen LogP contribution in [0.3, 0.4) is 0 Å². The Morgan fingerprint density at radius 3 is 2.36 bits per heavy atom. The molecule has 1 heterocycles. The second-order valence-corrected chi connectivity index (χ2v) is 4.89. The molecule has 1 atom stereocenters. The molecule has 1 saturated heterocycles. The molecule has 14 heavy (non-hydrogen) atoms. The average molecular weight is 219 g/mol. The number of rotatable bonds is 2. The molecule has 0 aromatic carbocycles. The summed E-state index contributed by atoms with van der Waals surface area (Å²) in [6.45, 7) is 5.45. The van der Waals surface area contributed by atoms with Crippen LogP contribution in [0.1, 0.15) is 26.7 Å².